The van der Waals surface area contributed by atoms with Gasteiger partial charge in [-0.2, -0.15) is 0 Å². The summed E-state index contributed by atoms with van der Waals surface area (Å²) in [6.07, 6.45) is 6.97. The number of hydrogen-bond acceptors (Lipinski definition) is 6. The Bertz CT molecular complexity index is 1000. The normalized spacial score (nSPS) is 20.6. The zero-order valence-electron chi connectivity index (χ0n) is 20.0. The van der Waals surface area contributed by atoms with Crippen molar-refractivity contribution in [2.24, 2.45) is 5.92 Å². The van der Waals surface area contributed by atoms with Gasteiger partial charge in [0.15, 0.2) is 0 Å². The lowest BCUT2D eigenvalue weighted by molar-refractivity contribution is -0.139. The van der Waals surface area contributed by atoms with Gasteiger partial charge in [0.2, 0.25) is 17.6 Å². The summed E-state index contributed by atoms with van der Waals surface area (Å²) in [6.45, 7) is 2.45. The minimum Gasteiger partial charge on any atom is -0.343 e. The number of benzene rings is 1. The second-order valence-electron chi connectivity index (χ2n) is 9.35. The number of nitrogens with zero attached hydrogens (tertiary/aromatic N) is 2. The number of amides is 2. The topological polar surface area (TPSA) is 91.4 Å². The van der Waals surface area contributed by atoms with E-state index in [1.54, 1.807) is 31.5 Å². The van der Waals surface area contributed by atoms with Gasteiger partial charge in [-0.1, -0.05) is 49.6 Å². The zero-order valence-corrected chi connectivity index (χ0v) is 20.8. The van der Waals surface area contributed by atoms with Gasteiger partial charge in [0, 0.05) is 17.5 Å². The lowest BCUT2D eigenvalue weighted by Crippen LogP contribution is -2.55. The Morgan fingerprint density at radius 1 is 1.06 bits per heavy atom. The van der Waals surface area contributed by atoms with Crippen LogP contribution < -0.4 is 10.6 Å². The summed E-state index contributed by atoms with van der Waals surface area (Å²) < 4.78 is 0. The summed E-state index contributed by atoms with van der Waals surface area (Å²) in [4.78, 5) is 45.9. The molecule has 182 valence electrons. The van der Waals surface area contributed by atoms with Crippen molar-refractivity contribution < 1.29 is 14.4 Å². The number of aromatic nitrogens is 1. The van der Waals surface area contributed by atoms with Gasteiger partial charge < -0.3 is 15.5 Å². The van der Waals surface area contributed by atoms with E-state index in [9.17, 15) is 14.4 Å². The first-order chi connectivity index (χ1) is 16.5. The number of carbonyl (C=O) groups excluding carboxylic acids is 3. The number of likely N-dealkylation sites (tertiary alicyclic amines) is 1. The molecule has 2 aliphatic rings. The molecule has 1 aromatic heterocycles. The summed E-state index contributed by atoms with van der Waals surface area (Å²) in [5.74, 6) is -0.112. The molecule has 0 bridgehead atoms. The molecule has 2 aromatic rings. The van der Waals surface area contributed by atoms with E-state index < -0.39 is 6.04 Å². The van der Waals surface area contributed by atoms with Gasteiger partial charge in [-0.25, -0.2) is 4.98 Å². The molecule has 7 nitrogen and oxygen atoms in total. The van der Waals surface area contributed by atoms with Crippen molar-refractivity contribution in [3.05, 3.63) is 52.0 Å². The van der Waals surface area contributed by atoms with Crippen molar-refractivity contribution >= 4 is 28.9 Å². The van der Waals surface area contributed by atoms with Crippen LogP contribution in [0.4, 0.5) is 0 Å². The van der Waals surface area contributed by atoms with Gasteiger partial charge in [0.1, 0.15) is 16.7 Å². The predicted octanol–water partition coefficient (Wildman–Crippen LogP) is 3.71. The molecule has 1 aliphatic carbocycles. The highest BCUT2D eigenvalue weighted by molar-refractivity contribution is 7.10. The minimum atomic E-state index is -0.519. The molecule has 0 spiro atoms. The molecule has 2 N–H and O–H groups in total. The molecule has 1 aliphatic heterocycles. The summed E-state index contributed by atoms with van der Waals surface area (Å²) in [7, 11) is 1.75. The highest BCUT2D eigenvalue weighted by Gasteiger charge is 2.40. The van der Waals surface area contributed by atoms with Crippen LogP contribution in [0.3, 0.4) is 0 Å². The monoisotopic (exact) mass is 482 g/mol. The van der Waals surface area contributed by atoms with Crippen LogP contribution in [0.5, 0.6) is 0 Å². The van der Waals surface area contributed by atoms with E-state index in [0.29, 0.717) is 17.8 Å². The van der Waals surface area contributed by atoms with Crippen molar-refractivity contribution in [3.63, 3.8) is 0 Å². The van der Waals surface area contributed by atoms with Crippen LogP contribution in [-0.2, 0) is 9.59 Å². The first-order valence-electron chi connectivity index (χ1n) is 12.3. The molecule has 4 rings (SSSR count). The van der Waals surface area contributed by atoms with Crippen LogP contribution in [0.15, 0.2) is 35.7 Å². The van der Waals surface area contributed by atoms with Crippen molar-refractivity contribution in [3.8, 4) is 0 Å². The van der Waals surface area contributed by atoms with Crippen molar-refractivity contribution in [1.29, 1.82) is 0 Å². The SMILES string of the molecule is CNC(C)C(=O)NC(C(=O)N1CCCC1c1nc(C(=O)c2ccccc2)cs1)C1CCCCC1. The Hall–Kier alpha value is -2.58. The fourth-order valence-electron chi connectivity index (χ4n) is 5.01. The predicted molar refractivity (Wildman–Crippen MR) is 133 cm³/mol. The van der Waals surface area contributed by atoms with Crippen molar-refractivity contribution in [2.75, 3.05) is 13.6 Å². The molecule has 3 atom stereocenters. The lowest BCUT2D eigenvalue weighted by atomic mass is 9.83. The number of likely N-dealkylation sites (N-methyl/N-ethyl adjacent to an activating group) is 1. The quantitative estimate of drug-likeness (QED) is 0.560. The smallest absolute Gasteiger partial charge is 0.246 e. The van der Waals surface area contributed by atoms with Crippen LogP contribution in [0.2, 0.25) is 0 Å². The average molecular weight is 483 g/mol. The molecule has 3 unspecified atom stereocenters. The Labute approximate surface area is 205 Å². The molecular weight excluding hydrogens is 448 g/mol. The van der Waals surface area contributed by atoms with E-state index in [4.69, 9.17) is 0 Å². The Kier molecular flexibility index (Phi) is 8.11. The first-order valence-corrected chi connectivity index (χ1v) is 13.2. The standard InChI is InChI=1S/C26H34N4O3S/c1-17(27-2)24(32)29-22(18-10-5-3-6-11-18)26(33)30-15-9-14-21(30)25-28-20(16-34-25)23(31)19-12-7-4-8-13-19/h4,7-8,12-13,16-18,21-22,27H,3,5-6,9-11,14-15H2,1-2H3,(H,29,32). The molecule has 8 heteroatoms. The number of thiazole rings is 1. The summed E-state index contributed by atoms with van der Waals surface area (Å²) >= 11 is 1.44. The highest BCUT2D eigenvalue weighted by atomic mass is 32.1. The van der Waals surface area contributed by atoms with Crippen LogP contribution in [0.25, 0.3) is 0 Å². The number of ketones is 1. The number of rotatable bonds is 8. The van der Waals surface area contributed by atoms with Gasteiger partial charge >= 0.3 is 0 Å². The lowest BCUT2D eigenvalue weighted by Gasteiger charge is -2.35. The molecule has 2 amide bonds. The molecule has 0 radical (unpaired) electrons. The van der Waals surface area contributed by atoms with Crippen LogP contribution in [-0.4, -0.2) is 53.2 Å². The molecule has 1 saturated carbocycles. The maximum absolute atomic E-state index is 13.8. The van der Waals surface area contributed by atoms with E-state index in [0.717, 1.165) is 43.5 Å². The van der Waals surface area contributed by atoms with E-state index >= 15 is 0 Å². The second kappa shape index (κ2) is 11.2. The van der Waals surface area contributed by atoms with E-state index in [1.807, 2.05) is 23.1 Å². The largest absolute Gasteiger partial charge is 0.343 e. The average Bonchev–Trinajstić information content (AvgIpc) is 3.57. The summed E-state index contributed by atoms with van der Waals surface area (Å²) in [5, 5.41) is 8.62. The Morgan fingerprint density at radius 2 is 1.79 bits per heavy atom. The summed E-state index contributed by atoms with van der Waals surface area (Å²) in [6, 6.07) is 8.10. The maximum Gasteiger partial charge on any atom is 0.246 e. The zero-order chi connectivity index (χ0) is 24.1. The molecule has 1 saturated heterocycles. The number of hydrogen-bond donors (Lipinski definition) is 2. The van der Waals surface area contributed by atoms with Gasteiger partial charge in [-0.05, 0) is 45.6 Å². The van der Waals surface area contributed by atoms with Gasteiger partial charge in [-0.15, -0.1) is 11.3 Å². The summed E-state index contributed by atoms with van der Waals surface area (Å²) in [5.41, 5.74) is 1.03. The Balaban J connectivity index is 1.53. The van der Waals surface area contributed by atoms with Crippen LogP contribution in [0.1, 0.15) is 79.0 Å². The fraction of sp³-hybridized carbons (Fsp3) is 0.538. The van der Waals surface area contributed by atoms with Gasteiger partial charge in [-0.3, -0.25) is 14.4 Å². The van der Waals surface area contributed by atoms with E-state index in [2.05, 4.69) is 15.6 Å². The van der Waals surface area contributed by atoms with Crippen molar-refractivity contribution in [2.45, 2.75) is 70.0 Å². The Morgan fingerprint density at radius 3 is 2.50 bits per heavy atom. The number of nitrogens with one attached hydrogen (secondary N) is 2. The second-order valence-corrected chi connectivity index (χ2v) is 10.2. The van der Waals surface area contributed by atoms with Crippen LogP contribution >= 0.6 is 11.3 Å². The number of carbonyl (C=O) groups is 3. The third kappa shape index (κ3) is 5.39. The molecule has 2 fully saturated rings. The molecule has 2 heterocycles. The maximum atomic E-state index is 13.8. The van der Waals surface area contributed by atoms with E-state index in [-0.39, 0.29) is 35.6 Å². The first kappa shape index (κ1) is 24.5. The molecular formula is C26H34N4O3S. The third-order valence-corrected chi connectivity index (χ3v) is 8.07. The minimum absolute atomic E-state index is 0.0165. The molecule has 1 aromatic carbocycles. The van der Waals surface area contributed by atoms with E-state index in [1.165, 1.54) is 17.8 Å². The highest BCUT2D eigenvalue weighted by Crippen LogP contribution is 2.36. The van der Waals surface area contributed by atoms with Crippen LogP contribution in [0, 0.1) is 5.92 Å². The van der Waals surface area contributed by atoms with Gasteiger partial charge in [0.05, 0.1) is 12.1 Å². The molecule has 34 heavy (non-hydrogen) atoms. The van der Waals surface area contributed by atoms with Crippen molar-refractivity contribution in [1.82, 2.24) is 20.5 Å². The van der Waals surface area contributed by atoms with Gasteiger partial charge in [0.25, 0.3) is 0 Å². The third-order valence-electron chi connectivity index (χ3n) is 7.12. The fourth-order valence-corrected chi connectivity index (χ4v) is 5.95.